The van der Waals surface area contributed by atoms with Crippen molar-refractivity contribution in [2.75, 3.05) is 26.3 Å². The lowest BCUT2D eigenvalue weighted by molar-refractivity contribution is -0.125. The molecule has 1 saturated heterocycles. The Hall–Kier alpha value is -2.87. The van der Waals surface area contributed by atoms with E-state index in [-0.39, 0.29) is 29.8 Å². The summed E-state index contributed by atoms with van der Waals surface area (Å²) >= 11 is 0. The van der Waals surface area contributed by atoms with Gasteiger partial charge in [0.05, 0.1) is 30.0 Å². The molecule has 0 spiro atoms. The standard InChI is InChI=1S/C26H34N4O4/c1-25(2,3)34-24(32)29-14-17-18(15-29)20(17)22(31)28-26(4,5)23-27-21(16-9-12-33-13-10-16)19-8-6-7-11-30(19)23/h6-9,11,17-18,20H,10,12-15H2,1-5H3,(H,28,31)/t17-,18+,20?. The summed E-state index contributed by atoms with van der Waals surface area (Å²) in [4.78, 5) is 32.3. The number of carbonyl (C=O) groups excluding carboxylic acids is 2. The number of nitrogens with zero attached hydrogens (tertiary/aromatic N) is 3. The van der Waals surface area contributed by atoms with Crippen molar-refractivity contribution in [2.24, 2.45) is 17.8 Å². The molecule has 2 amide bonds. The normalized spacial score (nSPS) is 24.6. The van der Waals surface area contributed by atoms with E-state index in [0.717, 1.165) is 23.5 Å². The number of fused-ring (bicyclic) bond motifs is 2. The number of likely N-dealkylation sites (tertiary alicyclic amines) is 1. The van der Waals surface area contributed by atoms with E-state index in [9.17, 15) is 9.59 Å². The summed E-state index contributed by atoms with van der Waals surface area (Å²) in [5.41, 5.74) is 1.99. The Labute approximate surface area is 200 Å². The quantitative estimate of drug-likeness (QED) is 0.744. The molecule has 2 aromatic rings. The Morgan fingerprint density at radius 3 is 2.53 bits per heavy atom. The van der Waals surface area contributed by atoms with Gasteiger partial charge in [-0.25, -0.2) is 9.78 Å². The maximum atomic E-state index is 13.2. The number of hydrogen-bond donors (Lipinski definition) is 1. The SMILES string of the molecule is CC(C)(C)OC(=O)N1C[C@@H]2C(C(=O)NC(C)(C)c3nc(C4=CCOCC4)c4ccccn34)[C@@H]2C1. The van der Waals surface area contributed by atoms with Gasteiger partial charge in [-0.1, -0.05) is 12.1 Å². The monoisotopic (exact) mass is 466 g/mol. The summed E-state index contributed by atoms with van der Waals surface area (Å²) < 4.78 is 13.0. The van der Waals surface area contributed by atoms with Gasteiger partial charge in [-0.05, 0) is 70.6 Å². The van der Waals surface area contributed by atoms with Crippen LogP contribution in [0, 0.1) is 17.8 Å². The molecule has 0 radical (unpaired) electrons. The number of imidazole rings is 1. The highest BCUT2D eigenvalue weighted by atomic mass is 16.6. The number of nitrogens with one attached hydrogen (secondary N) is 1. The summed E-state index contributed by atoms with van der Waals surface area (Å²) in [5, 5.41) is 3.25. The van der Waals surface area contributed by atoms with Gasteiger partial charge in [-0.2, -0.15) is 0 Å². The molecule has 1 saturated carbocycles. The molecule has 2 aliphatic heterocycles. The minimum atomic E-state index is -0.660. The van der Waals surface area contributed by atoms with E-state index in [0.29, 0.717) is 26.3 Å². The third kappa shape index (κ3) is 4.19. The van der Waals surface area contributed by atoms with Gasteiger partial charge < -0.3 is 24.1 Å². The van der Waals surface area contributed by atoms with Gasteiger partial charge in [-0.3, -0.25) is 4.79 Å². The van der Waals surface area contributed by atoms with Gasteiger partial charge in [0.15, 0.2) is 0 Å². The van der Waals surface area contributed by atoms with E-state index < -0.39 is 11.1 Å². The molecule has 0 bridgehead atoms. The molecule has 5 rings (SSSR count). The first-order valence-electron chi connectivity index (χ1n) is 12.1. The molecular formula is C26H34N4O4. The van der Waals surface area contributed by atoms with Crippen LogP contribution in [0.3, 0.4) is 0 Å². The first kappa shape index (κ1) is 22.9. The summed E-state index contributed by atoms with van der Waals surface area (Å²) in [5.74, 6) is 1.16. The predicted molar refractivity (Wildman–Crippen MR) is 128 cm³/mol. The minimum absolute atomic E-state index is 0.0309. The zero-order valence-electron chi connectivity index (χ0n) is 20.6. The molecule has 3 atom stereocenters. The first-order valence-corrected chi connectivity index (χ1v) is 12.1. The molecule has 2 aromatic heterocycles. The van der Waals surface area contributed by atoms with Crippen LogP contribution >= 0.6 is 0 Å². The highest BCUT2D eigenvalue weighted by molar-refractivity contribution is 5.84. The van der Waals surface area contributed by atoms with Crippen LogP contribution in [0.25, 0.3) is 11.1 Å². The van der Waals surface area contributed by atoms with Crippen LogP contribution in [-0.4, -0.2) is 58.2 Å². The topological polar surface area (TPSA) is 85.2 Å². The molecule has 1 N–H and O–H groups in total. The molecule has 8 nitrogen and oxygen atoms in total. The number of ether oxygens (including phenoxy) is 2. The third-order valence-electron chi connectivity index (χ3n) is 6.96. The van der Waals surface area contributed by atoms with Crippen molar-refractivity contribution in [1.82, 2.24) is 19.6 Å². The Morgan fingerprint density at radius 1 is 1.15 bits per heavy atom. The molecule has 1 unspecified atom stereocenters. The van der Waals surface area contributed by atoms with Gasteiger partial charge in [0, 0.05) is 25.2 Å². The minimum Gasteiger partial charge on any atom is -0.444 e. The first-order chi connectivity index (χ1) is 16.0. The van der Waals surface area contributed by atoms with Crippen molar-refractivity contribution in [3.05, 3.63) is 42.0 Å². The Bertz CT molecular complexity index is 1150. The fraction of sp³-hybridized carbons (Fsp3) is 0.577. The van der Waals surface area contributed by atoms with Crippen LogP contribution in [0.1, 0.15) is 52.6 Å². The summed E-state index contributed by atoms with van der Waals surface area (Å²) in [6.45, 7) is 12.0. The van der Waals surface area contributed by atoms with Gasteiger partial charge in [0.25, 0.3) is 0 Å². The van der Waals surface area contributed by atoms with Gasteiger partial charge >= 0.3 is 6.09 Å². The number of pyridine rings is 1. The lowest BCUT2D eigenvalue weighted by Gasteiger charge is -2.27. The average molecular weight is 467 g/mol. The predicted octanol–water partition coefficient (Wildman–Crippen LogP) is 3.60. The van der Waals surface area contributed by atoms with E-state index in [1.165, 1.54) is 5.57 Å². The van der Waals surface area contributed by atoms with Gasteiger partial charge in [0.2, 0.25) is 5.91 Å². The summed E-state index contributed by atoms with van der Waals surface area (Å²) in [6, 6.07) is 6.06. The van der Waals surface area contributed by atoms with E-state index in [1.807, 2.05) is 52.9 Å². The number of hydrogen-bond acceptors (Lipinski definition) is 5. The van der Waals surface area contributed by atoms with Gasteiger partial charge in [-0.15, -0.1) is 0 Å². The van der Waals surface area contributed by atoms with E-state index in [4.69, 9.17) is 14.5 Å². The van der Waals surface area contributed by atoms with Crippen molar-refractivity contribution in [3.63, 3.8) is 0 Å². The highest BCUT2D eigenvalue weighted by Crippen LogP contribution is 2.52. The van der Waals surface area contributed by atoms with Crippen molar-refractivity contribution >= 4 is 23.1 Å². The van der Waals surface area contributed by atoms with Crippen LogP contribution in [0.2, 0.25) is 0 Å². The summed E-state index contributed by atoms with van der Waals surface area (Å²) in [6.07, 6.45) is 4.63. The zero-order chi connectivity index (χ0) is 24.3. The Kier molecular flexibility index (Phi) is 5.47. The summed E-state index contributed by atoms with van der Waals surface area (Å²) in [7, 11) is 0. The molecule has 0 aromatic carbocycles. The number of rotatable bonds is 4. The van der Waals surface area contributed by atoms with Crippen molar-refractivity contribution in [1.29, 1.82) is 0 Å². The lowest BCUT2D eigenvalue weighted by atomic mass is 10.0. The molecule has 1 aliphatic carbocycles. The Morgan fingerprint density at radius 2 is 1.88 bits per heavy atom. The van der Waals surface area contributed by atoms with Gasteiger partial charge in [0.1, 0.15) is 11.4 Å². The molecule has 4 heterocycles. The maximum Gasteiger partial charge on any atom is 0.410 e. The number of amides is 2. The third-order valence-corrected chi connectivity index (χ3v) is 6.96. The van der Waals surface area contributed by atoms with Crippen LogP contribution < -0.4 is 5.32 Å². The van der Waals surface area contributed by atoms with E-state index in [1.54, 1.807) is 4.90 Å². The van der Waals surface area contributed by atoms with Crippen LogP contribution in [-0.2, 0) is 19.8 Å². The van der Waals surface area contributed by atoms with E-state index in [2.05, 4.69) is 21.9 Å². The zero-order valence-corrected chi connectivity index (χ0v) is 20.6. The molecular weight excluding hydrogens is 432 g/mol. The fourth-order valence-electron chi connectivity index (χ4n) is 5.30. The maximum absolute atomic E-state index is 13.2. The smallest absolute Gasteiger partial charge is 0.410 e. The van der Waals surface area contributed by atoms with Crippen LogP contribution in [0.5, 0.6) is 0 Å². The van der Waals surface area contributed by atoms with Crippen molar-refractivity contribution in [3.8, 4) is 0 Å². The van der Waals surface area contributed by atoms with Crippen LogP contribution in [0.4, 0.5) is 4.79 Å². The fourth-order valence-corrected chi connectivity index (χ4v) is 5.30. The Balaban J connectivity index is 1.30. The lowest BCUT2D eigenvalue weighted by Crippen LogP contribution is -2.45. The largest absolute Gasteiger partial charge is 0.444 e. The number of aromatic nitrogens is 2. The number of carbonyl (C=O) groups is 2. The second kappa shape index (κ2) is 8.12. The molecule has 182 valence electrons. The highest BCUT2D eigenvalue weighted by Gasteiger charge is 2.61. The second-order valence-corrected chi connectivity index (χ2v) is 11.1. The molecule has 34 heavy (non-hydrogen) atoms. The second-order valence-electron chi connectivity index (χ2n) is 11.1. The molecule has 8 heteroatoms. The van der Waals surface area contributed by atoms with Crippen LogP contribution in [0.15, 0.2) is 30.5 Å². The van der Waals surface area contributed by atoms with Crippen molar-refractivity contribution < 1.29 is 19.1 Å². The van der Waals surface area contributed by atoms with Crippen molar-refractivity contribution in [2.45, 2.75) is 52.2 Å². The van der Waals surface area contributed by atoms with E-state index >= 15 is 0 Å². The number of piperidine rings is 1. The average Bonchev–Trinajstić information content (AvgIpc) is 3.09. The molecule has 3 aliphatic rings. The molecule has 2 fully saturated rings.